The lowest BCUT2D eigenvalue weighted by atomic mass is 10.1. The van der Waals surface area contributed by atoms with E-state index in [1.54, 1.807) is 12.0 Å². The Kier molecular flexibility index (Phi) is 4.46. The van der Waals surface area contributed by atoms with Gasteiger partial charge in [-0.2, -0.15) is 0 Å². The maximum atomic E-state index is 12.3. The van der Waals surface area contributed by atoms with Crippen LogP contribution in [0.4, 0.5) is 0 Å². The number of nitrogens with zero attached hydrogens (tertiary/aromatic N) is 2. The van der Waals surface area contributed by atoms with Gasteiger partial charge in [0.2, 0.25) is 11.8 Å². The highest BCUT2D eigenvalue weighted by molar-refractivity contribution is 5.79. The van der Waals surface area contributed by atoms with Crippen LogP contribution in [-0.2, 0) is 11.2 Å². The van der Waals surface area contributed by atoms with Crippen molar-refractivity contribution >= 4 is 5.91 Å². The smallest absolute Gasteiger partial charge is 0.227 e. The quantitative estimate of drug-likeness (QED) is 0.849. The van der Waals surface area contributed by atoms with Gasteiger partial charge in [0.15, 0.2) is 0 Å². The largest absolute Gasteiger partial charge is 0.497 e. The van der Waals surface area contributed by atoms with Gasteiger partial charge in [-0.25, -0.2) is 4.98 Å². The summed E-state index contributed by atoms with van der Waals surface area (Å²) in [5, 5.41) is 0. The summed E-state index contributed by atoms with van der Waals surface area (Å²) in [6.45, 7) is 3.15. The zero-order chi connectivity index (χ0) is 16.2. The van der Waals surface area contributed by atoms with Crippen molar-refractivity contribution in [2.75, 3.05) is 20.2 Å². The molecule has 1 aromatic carbocycles. The third kappa shape index (κ3) is 3.80. The van der Waals surface area contributed by atoms with E-state index in [0.717, 1.165) is 17.0 Å². The first-order valence-electron chi connectivity index (χ1n) is 7.65. The van der Waals surface area contributed by atoms with Crippen molar-refractivity contribution < 1.29 is 14.3 Å². The molecule has 120 valence electrons. The Bertz CT molecular complexity index is 696. The Hall–Kier alpha value is -2.56. The molecule has 0 N–H and O–H groups in total. The van der Waals surface area contributed by atoms with Crippen LogP contribution in [0.25, 0.3) is 0 Å². The lowest BCUT2D eigenvalue weighted by Crippen LogP contribution is -2.56. The Morgan fingerprint density at radius 1 is 1.26 bits per heavy atom. The second-order valence-electron chi connectivity index (χ2n) is 5.68. The van der Waals surface area contributed by atoms with Crippen molar-refractivity contribution in [3.8, 4) is 11.6 Å². The zero-order valence-corrected chi connectivity index (χ0v) is 13.4. The van der Waals surface area contributed by atoms with Crippen LogP contribution in [0.5, 0.6) is 11.6 Å². The summed E-state index contributed by atoms with van der Waals surface area (Å²) in [4.78, 5) is 18.4. The van der Waals surface area contributed by atoms with Gasteiger partial charge in [-0.1, -0.05) is 18.2 Å². The lowest BCUT2D eigenvalue weighted by molar-refractivity contribution is -0.139. The molecule has 1 fully saturated rings. The van der Waals surface area contributed by atoms with Gasteiger partial charge < -0.3 is 14.4 Å². The van der Waals surface area contributed by atoms with E-state index in [1.807, 2.05) is 49.4 Å². The summed E-state index contributed by atoms with van der Waals surface area (Å²) in [6, 6.07) is 13.3. The maximum Gasteiger partial charge on any atom is 0.227 e. The molecule has 1 aromatic heterocycles. The number of methoxy groups -OCH3 is 1. The molecule has 0 saturated carbocycles. The van der Waals surface area contributed by atoms with Crippen LogP contribution in [0.2, 0.25) is 0 Å². The van der Waals surface area contributed by atoms with Gasteiger partial charge >= 0.3 is 0 Å². The summed E-state index contributed by atoms with van der Waals surface area (Å²) < 4.78 is 11.0. The Labute approximate surface area is 135 Å². The third-order valence-electron chi connectivity index (χ3n) is 3.84. The number of rotatable bonds is 5. The fraction of sp³-hybridized carbons (Fsp3) is 0.333. The molecule has 5 nitrogen and oxygen atoms in total. The summed E-state index contributed by atoms with van der Waals surface area (Å²) in [7, 11) is 1.62. The van der Waals surface area contributed by atoms with Crippen molar-refractivity contribution in [2.24, 2.45) is 0 Å². The number of carbonyl (C=O) groups excluding carboxylic acids is 1. The van der Waals surface area contributed by atoms with Crippen LogP contribution in [0, 0.1) is 6.92 Å². The van der Waals surface area contributed by atoms with Crippen molar-refractivity contribution in [1.29, 1.82) is 0 Å². The second-order valence-corrected chi connectivity index (χ2v) is 5.68. The second kappa shape index (κ2) is 6.69. The molecule has 3 rings (SSSR count). The number of likely N-dealkylation sites (tertiary alicyclic amines) is 1. The normalized spacial score (nSPS) is 14.3. The monoisotopic (exact) mass is 312 g/mol. The van der Waals surface area contributed by atoms with Gasteiger partial charge in [-0.3, -0.25) is 4.79 Å². The molecule has 1 saturated heterocycles. The molecule has 0 aliphatic carbocycles. The fourth-order valence-corrected chi connectivity index (χ4v) is 2.54. The fourth-order valence-electron chi connectivity index (χ4n) is 2.54. The topological polar surface area (TPSA) is 51.7 Å². The van der Waals surface area contributed by atoms with E-state index < -0.39 is 0 Å². The van der Waals surface area contributed by atoms with E-state index in [0.29, 0.717) is 25.4 Å². The Balaban J connectivity index is 1.49. The minimum absolute atomic E-state index is 0.0264. The van der Waals surface area contributed by atoms with Crippen molar-refractivity contribution in [3.63, 3.8) is 0 Å². The lowest BCUT2D eigenvalue weighted by Gasteiger charge is -2.38. The highest BCUT2D eigenvalue weighted by Crippen LogP contribution is 2.19. The van der Waals surface area contributed by atoms with E-state index in [9.17, 15) is 4.79 Å². The minimum atomic E-state index is 0.0264. The Morgan fingerprint density at radius 3 is 2.78 bits per heavy atom. The van der Waals surface area contributed by atoms with Crippen molar-refractivity contribution in [2.45, 2.75) is 19.4 Å². The average molecular weight is 312 g/mol. The number of pyridine rings is 1. The number of hydrogen-bond donors (Lipinski definition) is 0. The highest BCUT2D eigenvalue weighted by atomic mass is 16.5. The number of aromatic nitrogens is 1. The molecule has 1 amide bonds. The van der Waals surface area contributed by atoms with Crippen LogP contribution < -0.4 is 9.47 Å². The molecule has 23 heavy (non-hydrogen) atoms. The van der Waals surface area contributed by atoms with Crippen LogP contribution >= 0.6 is 0 Å². The van der Waals surface area contributed by atoms with Crippen LogP contribution in [0.3, 0.4) is 0 Å². The summed E-state index contributed by atoms with van der Waals surface area (Å²) in [5.74, 6) is 1.50. The Morgan fingerprint density at radius 2 is 2.04 bits per heavy atom. The van der Waals surface area contributed by atoms with Crippen LogP contribution in [0.1, 0.15) is 11.3 Å². The van der Waals surface area contributed by atoms with Crippen molar-refractivity contribution in [1.82, 2.24) is 9.88 Å². The van der Waals surface area contributed by atoms with Gasteiger partial charge in [-0.15, -0.1) is 0 Å². The van der Waals surface area contributed by atoms with Gasteiger partial charge in [0.05, 0.1) is 26.6 Å². The number of hydrogen-bond acceptors (Lipinski definition) is 4. The standard InChI is InChI=1S/C18H20N2O3/c1-13-5-3-8-17(19-13)23-16-11-20(12-16)18(21)10-14-6-4-7-15(9-14)22-2/h3-9,16H,10-12H2,1-2H3. The molecule has 2 heterocycles. The van der Waals surface area contributed by atoms with Crippen molar-refractivity contribution in [3.05, 3.63) is 53.7 Å². The molecular weight excluding hydrogens is 292 g/mol. The molecular formula is C18H20N2O3. The molecule has 0 bridgehead atoms. The predicted octanol–water partition coefficient (Wildman–Crippen LogP) is 2.23. The van der Waals surface area contributed by atoms with E-state index in [4.69, 9.17) is 9.47 Å². The summed E-state index contributed by atoms with van der Waals surface area (Å²) in [6.07, 6.45) is 0.408. The predicted molar refractivity (Wildman–Crippen MR) is 86.7 cm³/mol. The zero-order valence-electron chi connectivity index (χ0n) is 13.4. The first-order chi connectivity index (χ1) is 11.1. The third-order valence-corrected chi connectivity index (χ3v) is 3.84. The average Bonchev–Trinajstić information content (AvgIpc) is 2.50. The number of aryl methyl sites for hydroxylation is 1. The highest BCUT2D eigenvalue weighted by Gasteiger charge is 2.32. The van der Waals surface area contributed by atoms with Gasteiger partial charge in [0.25, 0.3) is 0 Å². The molecule has 2 aromatic rings. The molecule has 0 unspecified atom stereocenters. The number of amides is 1. The summed E-state index contributed by atoms with van der Waals surface area (Å²) >= 11 is 0. The molecule has 0 spiro atoms. The molecule has 1 aliphatic rings. The molecule has 5 heteroatoms. The van der Waals surface area contributed by atoms with Gasteiger partial charge in [0.1, 0.15) is 11.9 Å². The first kappa shape index (κ1) is 15.3. The maximum absolute atomic E-state index is 12.3. The van der Waals surface area contributed by atoms with E-state index >= 15 is 0 Å². The van der Waals surface area contributed by atoms with Gasteiger partial charge in [-0.05, 0) is 30.7 Å². The minimum Gasteiger partial charge on any atom is -0.497 e. The van der Waals surface area contributed by atoms with Crippen LogP contribution in [0.15, 0.2) is 42.5 Å². The number of ether oxygens (including phenoxy) is 2. The van der Waals surface area contributed by atoms with E-state index in [2.05, 4.69) is 4.98 Å². The number of benzene rings is 1. The first-order valence-corrected chi connectivity index (χ1v) is 7.65. The summed E-state index contributed by atoms with van der Waals surface area (Å²) in [5.41, 5.74) is 1.88. The molecule has 0 radical (unpaired) electrons. The molecule has 0 atom stereocenters. The molecule has 1 aliphatic heterocycles. The van der Waals surface area contributed by atoms with Gasteiger partial charge in [0, 0.05) is 11.8 Å². The van der Waals surface area contributed by atoms with E-state index in [1.165, 1.54) is 0 Å². The SMILES string of the molecule is COc1cccc(CC(=O)N2CC(Oc3cccc(C)n3)C2)c1. The van der Waals surface area contributed by atoms with E-state index in [-0.39, 0.29) is 12.0 Å². The number of carbonyl (C=O) groups is 1. The van der Waals surface area contributed by atoms with Crippen LogP contribution in [-0.4, -0.2) is 42.1 Å².